The molecular formula is C14H23NO6. The van der Waals surface area contributed by atoms with Gasteiger partial charge in [0.15, 0.2) is 5.79 Å². The first-order chi connectivity index (χ1) is 9.88. The molecule has 0 radical (unpaired) electrons. The predicted molar refractivity (Wildman–Crippen MR) is 72.4 cm³/mol. The molecule has 0 aromatic carbocycles. The highest BCUT2D eigenvalue weighted by Crippen LogP contribution is 2.32. The third-order valence-corrected chi connectivity index (χ3v) is 3.82. The Morgan fingerprint density at radius 1 is 1.33 bits per heavy atom. The van der Waals surface area contributed by atoms with Gasteiger partial charge in [-0.3, -0.25) is 14.9 Å². The van der Waals surface area contributed by atoms with Gasteiger partial charge in [-0.05, 0) is 27.2 Å². The van der Waals surface area contributed by atoms with Crippen molar-refractivity contribution in [1.82, 2.24) is 5.32 Å². The highest BCUT2D eigenvalue weighted by molar-refractivity contribution is 5.80. The smallest absolute Gasteiger partial charge is 0.322 e. The number of ether oxygens (including phenoxy) is 4. The molecule has 7 heteroatoms. The number of methoxy groups -OCH3 is 1. The zero-order valence-corrected chi connectivity index (χ0v) is 12.9. The molecule has 0 aliphatic carbocycles. The van der Waals surface area contributed by atoms with Crippen LogP contribution in [0.4, 0.5) is 0 Å². The Labute approximate surface area is 124 Å². The second kappa shape index (κ2) is 6.29. The van der Waals surface area contributed by atoms with Crippen molar-refractivity contribution < 1.29 is 28.5 Å². The van der Waals surface area contributed by atoms with Gasteiger partial charge in [-0.15, -0.1) is 0 Å². The average molecular weight is 301 g/mol. The van der Waals surface area contributed by atoms with Crippen molar-refractivity contribution in [2.24, 2.45) is 5.92 Å². The van der Waals surface area contributed by atoms with E-state index in [0.29, 0.717) is 19.6 Å². The van der Waals surface area contributed by atoms with E-state index in [2.05, 4.69) is 5.32 Å². The lowest BCUT2D eigenvalue weighted by Gasteiger charge is -2.24. The van der Waals surface area contributed by atoms with Crippen LogP contribution in [0.5, 0.6) is 0 Å². The second-order valence-corrected chi connectivity index (χ2v) is 5.73. The summed E-state index contributed by atoms with van der Waals surface area (Å²) in [6.07, 6.45) is 0.0419. The first-order valence-corrected chi connectivity index (χ1v) is 7.20. The van der Waals surface area contributed by atoms with Crippen LogP contribution in [0.15, 0.2) is 0 Å². The van der Waals surface area contributed by atoms with Crippen LogP contribution < -0.4 is 5.32 Å². The van der Waals surface area contributed by atoms with E-state index in [1.165, 1.54) is 7.11 Å². The molecule has 4 atom stereocenters. The summed E-state index contributed by atoms with van der Waals surface area (Å²) in [6, 6.07) is -0.850. The summed E-state index contributed by atoms with van der Waals surface area (Å²) < 4.78 is 21.2. The van der Waals surface area contributed by atoms with Crippen molar-refractivity contribution in [3.8, 4) is 0 Å². The molecule has 0 unspecified atom stereocenters. The van der Waals surface area contributed by atoms with Crippen LogP contribution in [-0.2, 0) is 28.5 Å². The van der Waals surface area contributed by atoms with Crippen molar-refractivity contribution >= 4 is 11.9 Å². The van der Waals surface area contributed by atoms with Crippen molar-refractivity contribution in [3.05, 3.63) is 0 Å². The first-order valence-electron chi connectivity index (χ1n) is 7.20. The summed E-state index contributed by atoms with van der Waals surface area (Å²) in [7, 11) is 1.33. The van der Waals surface area contributed by atoms with Crippen LogP contribution in [0.1, 0.15) is 27.2 Å². The van der Waals surface area contributed by atoms with E-state index in [4.69, 9.17) is 18.9 Å². The number of carbonyl (C=O) groups is 2. The Kier molecular flexibility index (Phi) is 4.85. The second-order valence-electron chi connectivity index (χ2n) is 5.73. The minimum atomic E-state index is -0.686. The number of carbonyl (C=O) groups excluding carboxylic acids is 2. The summed E-state index contributed by atoms with van der Waals surface area (Å²) in [4.78, 5) is 23.8. The van der Waals surface area contributed by atoms with E-state index in [9.17, 15) is 9.59 Å². The highest BCUT2D eigenvalue weighted by atomic mass is 16.7. The maximum Gasteiger partial charge on any atom is 0.322 e. The SMILES string of the molecule is CCOC(=O)[C@@H]1C[C@H](C(=O)OC)N[C@@H]1[C@H]1COC(C)(C)O1. The fourth-order valence-corrected chi connectivity index (χ4v) is 2.87. The van der Waals surface area contributed by atoms with Gasteiger partial charge in [-0.1, -0.05) is 0 Å². The van der Waals surface area contributed by atoms with E-state index in [1.807, 2.05) is 13.8 Å². The molecule has 120 valence electrons. The molecule has 0 aromatic rings. The molecule has 0 spiro atoms. The van der Waals surface area contributed by atoms with Gasteiger partial charge in [0.25, 0.3) is 0 Å². The fraction of sp³-hybridized carbons (Fsp3) is 0.857. The van der Waals surface area contributed by atoms with Gasteiger partial charge in [-0.2, -0.15) is 0 Å². The van der Waals surface area contributed by atoms with E-state index in [-0.39, 0.29) is 24.1 Å². The summed E-state index contributed by atoms with van der Waals surface area (Å²) >= 11 is 0. The molecule has 7 nitrogen and oxygen atoms in total. The lowest BCUT2D eigenvalue weighted by molar-refractivity contribution is -0.155. The Hall–Kier alpha value is -1.18. The topological polar surface area (TPSA) is 83.1 Å². The van der Waals surface area contributed by atoms with Crippen LogP contribution in [0.25, 0.3) is 0 Å². The van der Waals surface area contributed by atoms with E-state index in [0.717, 1.165) is 0 Å². The Balaban J connectivity index is 2.11. The van der Waals surface area contributed by atoms with Gasteiger partial charge in [0.2, 0.25) is 0 Å². The largest absolute Gasteiger partial charge is 0.468 e. The number of hydrogen-bond donors (Lipinski definition) is 1. The summed E-state index contributed by atoms with van der Waals surface area (Å²) in [5.74, 6) is -1.84. The zero-order chi connectivity index (χ0) is 15.6. The summed E-state index contributed by atoms with van der Waals surface area (Å²) in [5.41, 5.74) is 0. The number of esters is 2. The van der Waals surface area contributed by atoms with Gasteiger partial charge in [0, 0.05) is 6.04 Å². The summed E-state index contributed by atoms with van der Waals surface area (Å²) in [6.45, 7) is 6.07. The van der Waals surface area contributed by atoms with Crippen LogP contribution in [-0.4, -0.2) is 56.2 Å². The molecular weight excluding hydrogens is 278 g/mol. The average Bonchev–Trinajstić information content (AvgIpc) is 3.01. The zero-order valence-electron chi connectivity index (χ0n) is 12.9. The lowest BCUT2D eigenvalue weighted by atomic mass is 9.95. The van der Waals surface area contributed by atoms with E-state index in [1.54, 1.807) is 6.92 Å². The molecule has 2 fully saturated rings. The Morgan fingerprint density at radius 2 is 2.05 bits per heavy atom. The fourth-order valence-electron chi connectivity index (χ4n) is 2.87. The first kappa shape index (κ1) is 16.2. The Morgan fingerprint density at radius 3 is 2.57 bits per heavy atom. The number of nitrogens with one attached hydrogen (secondary N) is 1. The Bertz CT molecular complexity index is 410. The summed E-state index contributed by atoms with van der Waals surface area (Å²) in [5, 5.41) is 3.13. The van der Waals surface area contributed by atoms with Gasteiger partial charge in [-0.25, -0.2) is 0 Å². The van der Waals surface area contributed by atoms with Crippen LogP contribution in [0.2, 0.25) is 0 Å². The molecule has 21 heavy (non-hydrogen) atoms. The molecule has 2 rings (SSSR count). The van der Waals surface area contributed by atoms with Crippen LogP contribution >= 0.6 is 0 Å². The third-order valence-electron chi connectivity index (χ3n) is 3.82. The third kappa shape index (κ3) is 3.53. The highest BCUT2D eigenvalue weighted by Gasteiger charge is 2.49. The quantitative estimate of drug-likeness (QED) is 0.744. The van der Waals surface area contributed by atoms with E-state index >= 15 is 0 Å². The van der Waals surface area contributed by atoms with Gasteiger partial charge >= 0.3 is 11.9 Å². The van der Waals surface area contributed by atoms with Crippen molar-refractivity contribution in [2.75, 3.05) is 20.3 Å². The van der Waals surface area contributed by atoms with Crippen LogP contribution in [0.3, 0.4) is 0 Å². The monoisotopic (exact) mass is 301 g/mol. The van der Waals surface area contributed by atoms with E-state index < -0.39 is 17.7 Å². The van der Waals surface area contributed by atoms with Gasteiger partial charge in [0.05, 0.1) is 26.2 Å². The molecule has 2 aliphatic rings. The standard InChI is InChI=1S/C14H23NO6/c1-5-19-12(16)8-6-9(13(17)18-4)15-11(8)10-7-20-14(2,3)21-10/h8-11,15H,5-7H2,1-4H3/t8-,9-,10-,11+/m1/s1. The molecule has 0 aromatic heterocycles. The minimum absolute atomic E-state index is 0.302. The van der Waals surface area contributed by atoms with Gasteiger partial charge in [0.1, 0.15) is 12.1 Å². The number of hydrogen-bond acceptors (Lipinski definition) is 7. The normalized spacial score (nSPS) is 34.7. The molecule has 1 N–H and O–H groups in total. The molecule has 0 amide bonds. The molecule has 0 bridgehead atoms. The van der Waals surface area contributed by atoms with Gasteiger partial charge < -0.3 is 18.9 Å². The predicted octanol–water partition coefficient (Wildman–Crippen LogP) is 0.221. The molecule has 2 saturated heterocycles. The van der Waals surface area contributed by atoms with Crippen LogP contribution in [0, 0.1) is 5.92 Å². The molecule has 2 aliphatic heterocycles. The molecule has 0 saturated carbocycles. The maximum atomic E-state index is 12.1. The number of rotatable bonds is 4. The van der Waals surface area contributed by atoms with Crippen molar-refractivity contribution in [3.63, 3.8) is 0 Å². The maximum absolute atomic E-state index is 12.1. The molecule has 2 heterocycles. The van der Waals surface area contributed by atoms with Crippen molar-refractivity contribution in [1.29, 1.82) is 0 Å². The van der Waals surface area contributed by atoms with Crippen molar-refractivity contribution in [2.45, 2.75) is 51.2 Å². The minimum Gasteiger partial charge on any atom is -0.468 e. The lowest BCUT2D eigenvalue weighted by Crippen LogP contribution is -2.47.